The molecule has 2 unspecified atom stereocenters. The second kappa shape index (κ2) is 8.13. The molecule has 2 heterocycles. The van der Waals surface area contributed by atoms with Gasteiger partial charge < -0.3 is 20.1 Å². The quantitative estimate of drug-likeness (QED) is 0.822. The minimum atomic E-state index is -1.22. The van der Waals surface area contributed by atoms with Crippen LogP contribution in [0.15, 0.2) is 36.7 Å². The van der Waals surface area contributed by atoms with Gasteiger partial charge >= 0.3 is 5.97 Å². The van der Waals surface area contributed by atoms with Crippen molar-refractivity contribution in [1.29, 1.82) is 0 Å². The molecule has 1 fully saturated rings. The lowest BCUT2D eigenvalue weighted by atomic mass is 10.1. The summed E-state index contributed by atoms with van der Waals surface area (Å²) >= 11 is 0. The number of anilines is 1. The van der Waals surface area contributed by atoms with Crippen LogP contribution in [0.1, 0.15) is 45.2 Å². The Morgan fingerprint density at radius 2 is 1.61 bits per heavy atom. The standard InChI is InChI=1S/C19H20N4O5/c1-11-9-23(10-12(2)28-11)18(25)13-3-5-14(6-4-13)22-17(24)15-7-21-16(8-20-15)19(26)27/h3-8,11-12H,9-10H2,1-2H3,(H,22,24)(H,26,27). The fraction of sp³-hybridized carbons (Fsp3) is 0.316. The van der Waals surface area contributed by atoms with Gasteiger partial charge in [0, 0.05) is 24.3 Å². The maximum atomic E-state index is 12.6. The summed E-state index contributed by atoms with van der Waals surface area (Å²) in [6, 6.07) is 6.53. The van der Waals surface area contributed by atoms with E-state index in [0.717, 1.165) is 12.4 Å². The number of carboxylic acids is 1. The summed E-state index contributed by atoms with van der Waals surface area (Å²) in [7, 11) is 0. The van der Waals surface area contributed by atoms with Crippen molar-refractivity contribution in [2.75, 3.05) is 18.4 Å². The highest BCUT2D eigenvalue weighted by molar-refractivity contribution is 6.03. The van der Waals surface area contributed by atoms with Gasteiger partial charge in [-0.05, 0) is 38.1 Å². The molecule has 2 N–H and O–H groups in total. The third kappa shape index (κ3) is 4.49. The van der Waals surface area contributed by atoms with Gasteiger partial charge in [-0.15, -0.1) is 0 Å². The molecule has 0 aliphatic carbocycles. The molecule has 146 valence electrons. The average Bonchev–Trinajstić information content (AvgIpc) is 2.67. The second-order valence-electron chi connectivity index (χ2n) is 6.59. The first-order chi connectivity index (χ1) is 13.3. The number of hydrogen-bond acceptors (Lipinski definition) is 6. The van der Waals surface area contributed by atoms with Gasteiger partial charge in [-0.3, -0.25) is 9.59 Å². The summed E-state index contributed by atoms with van der Waals surface area (Å²) in [4.78, 5) is 44.8. The van der Waals surface area contributed by atoms with Crippen molar-refractivity contribution in [2.24, 2.45) is 0 Å². The topological polar surface area (TPSA) is 122 Å². The van der Waals surface area contributed by atoms with Gasteiger partial charge in [0.05, 0.1) is 24.6 Å². The van der Waals surface area contributed by atoms with E-state index >= 15 is 0 Å². The molecule has 1 aromatic carbocycles. The van der Waals surface area contributed by atoms with Gasteiger partial charge in [-0.25, -0.2) is 14.8 Å². The highest BCUT2D eigenvalue weighted by Crippen LogP contribution is 2.16. The summed E-state index contributed by atoms with van der Waals surface area (Å²) in [5.41, 5.74) is 0.742. The number of carbonyl (C=O) groups is 3. The summed E-state index contributed by atoms with van der Waals surface area (Å²) in [5, 5.41) is 11.4. The number of carbonyl (C=O) groups excluding carboxylic acids is 2. The number of carboxylic acid groups (broad SMARTS) is 1. The Morgan fingerprint density at radius 1 is 1.04 bits per heavy atom. The number of ether oxygens (including phenoxy) is 1. The van der Waals surface area contributed by atoms with Crippen molar-refractivity contribution in [3.05, 3.63) is 53.6 Å². The van der Waals surface area contributed by atoms with Crippen LogP contribution in [-0.4, -0.2) is 63.1 Å². The van der Waals surface area contributed by atoms with E-state index in [1.54, 1.807) is 29.2 Å². The normalized spacial score (nSPS) is 19.1. The molecule has 0 saturated carbocycles. The molecule has 2 amide bonds. The van der Waals surface area contributed by atoms with Crippen LogP contribution in [0, 0.1) is 0 Å². The summed E-state index contributed by atoms with van der Waals surface area (Å²) in [6.07, 6.45) is 2.08. The molecule has 3 rings (SSSR count). The van der Waals surface area contributed by atoms with Crippen molar-refractivity contribution < 1.29 is 24.2 Å². The van der Waals surface area contributed by atoms with E-state index in [4.69, 9.17) is 9.84 Å². The molecule has 0 bridgehead atoms. The number of morpholine rings is 1. The Balaban J connectivity index is 1.64. The van der Waals surface area contributed by atoms with E-state index in [2.05, 4.69) is 15.3 Å². The third-order valence-electron chi connectivity index (χ3n) is 4.20. The molecular weight excluding hydrogens is 364 g/mol. The van der Waals surface area contributed by atoms with Gasteiger partial charge in [0.2, 0.25) is 0 Å². The summed E-state index contributed by atoms with van der Waals surface area (Å²) < 4.78 is 5.64. The van der Waals surface area contributed by atoms with Gasteiger partial charge in [-0.1, -0.05) is 0 Å². The number of hydrogen-bond donors (Lipinski definition) is 2. The zero-order valence-corrected chi connectivity index (χ0v) is 15.5. The van der Waals surface area contributed by atoms with Crippen LogP contribution < -0.4 is 5.32 Å². The molecule has 0 spiro atoms. The molecule has 9 heteroatoms. The van der Waals surface area contributed by atoms with Crippen LogP contribution >= 0.6 is 0 Å². The van der Waals surface area contributed by atoms with E-state index in [1.165, 1.54) is 0 Å². The van der Waals surface area contributed by atoms with E-state index in [1.807, 2.05) is 13.8 Å². The Labute approximate surface area is 161 Å². The molecule has 1 saturated heterocycles. The van der Waals surface area contributed by atoms with E-state index in [-0.39, 0.29) is 29.5 Å². The molecule has 1 aromatic heterocycles. The highest BCUT2D eigenvalue weighted by atomic mass is 16.5. The summed E-state index contributed by atoms with van der Waals surface area (Å²) in [5.74, 6) is -1.84. The van der Waals surface area contributed by atoms with Crippen LogP contribution in [0.5, 0.6) is 0 Å². The molecule has 0 radical (unpaired) electrons. The lowest BCUT2D eigenvalue weighted by molar-refractivity contribution is -0.0586. The monoisotopic (exact) mass is 384 g/mol. The minimum Gasteiger partial charge on any atom is -0.476 e. The van der Waals surface area contributed by atoms with E-state index in [9.17, 15) is 14.4 Å². The van der Waals surface area contributed by atoms with E-state index in [0.29, 0.717) is 24.3 Å². The molecule has 28 heavy (non-hydrogen) atoms. The Bertz CT molecular complexity index is 872. The van der Waals surface area contributed by atoms with Crippen LogP contribution in [0.25, 0.3) is 0 Å². The average molecular weight is 384 g/mol. The number of aromatic nitrogens is 2. The number of nitrogens with one attached hydrogen (secondary N) is 1. The first kappa shape index (κ1) is 19.4. The molecule has 2 atom stereocenters. The van der Waals surface area contributed by atoms with Crippen molar-refractivity contribution in [1.82, 2.24) is 14.9 Å². The van der Waals surface area contributed by atoms with Crippen molar-refractivity contribution in [2.45, 2.75) is 26.1 Å². The zero-order valence-electron chi connectivity index (χ0n) is 15.5. The van der Waals surface area contributed by atoms with Gasteiger partial charge in [0.15, 0.2) is 5.69 Å². The SMILES string of the molecule is CC1CN(C(=O)c2ccc(NC(=O)c3cnc(C(=O)O)cn3)cc2)CC(C)O1. The molecule has 1 aliphatic rings. The smallest absolute Gasteiger partial charge is 0.356 e. The number of aromatic carboxylic acids is 1. The third-order valence-corrected chi connectivity index (χ3v) is 4.20. The van der Waals surface area contributed by atoms with Crippen molar-refractivity contribution in [3.63, 3.8) is 0 Å². The van der Waals surface area contributed by atoms with Gasteiger partial charge in [-0.2, -0.15) is 0 Å². The maximum Gasteiger partial charge on any atom is 0.356 e. The number of nitrogens with zero attached hydrogens (tertiary/aromatic N) is 3. The molecule has 2 aromatic rings. The fourth-order valence-corrected chi connectivity index (χ4v) is 2.97. The van der Waals surface area contributed by atoms with E-state index < -0.39 is 11.9 Å². The first-order valence-electron chi connectivity index (χ1n) is 8.75. The Kier molecular flexibility index (Phi) is 5.65. The minimum absolute atomic E-state index is 0.0126. The second-order valence-corrected chi connectivity index (χ2v) is 6.59. The number of amides is 2. The lowest BCUT2D eigenvalue weighted by Gasteiger charge is -2.35. The highest BCUT2D eigenvalue weighted by Gasteiger charge is 2.26. The maximum absolute atomic E-state index is 12.6. The number of benzene rings is 1. The summed E-state index contributed by atoms with van der Waals surface area (Å²) in [6.45, 7) is 4.93. The van der Waals surface area contributed by atoms with Crippen LogP contribution in [0.2, 0.25) is 0 Å². The Morgan fingerprint density at radius 3 is 2.14 bits per heavy atom. The van der Waals surface area contributed by atoms with Crippen LogP contribution in [0.4, 0.5) is 5.69 Å². The van der Waals surface area contributed by atoms with Gasteiger partial charge in [0.1, 0.15) is 5.69 Å². The first-order valence-corrected chi connectivity index (χ1v) is 8.75. The zero-order chi connectivity index (χ0) is 20.3. The van der Waals surface area contributed by atoms with Gasteiger partial charge in [0.25, 0.3) is 11.8 Å². The van der Waals surface area contributed by atoms with Crippen LogP contribution in [-0.2, 0) is 4.74 Å². The number of rotatable bonds is 4. The largest absolute Gasteiger partial charge is 0.476 e. The predicted molar refractivity (Wildman–Crippen MR) is 99.3 cm³/mol. The molecule has 9 nitrogen and oxygen atoms in total. The van der Waals surface area contributed by atoms with Crippen molar-refractivity contribution in [3.8, 4) is 0 Å². The molecular formula is C19H20N4O5. The predicted octanol–water partition coefficient (Wildman–Crippen LogP) is 1.68. The lowest BCUT2D eigenvalue weighted by Crippen LogP contribution is -2.48. The molecule has 1 aliphatic heterocycles. The fourth-order valence-electron chi connectivity index (χ4n) is 2.97. The van der Waals surface area contributed by atoms with Crippen LogP contribution in [0.3, 0.4) is 0 Å². The Hall–Kier alpha value is -3.33. The van der Waals surface area contributed by atoms with Crippen molar-refractivity contribution >= 4 is 23.5 Å².